The summed E-state index contributed by atoms with van der Waals surface area (Å²) in [5.74, 6) is -1.60. The van der Waals surface area contributed by atoms with Crippen LogP contribution in [0.1, 0.15) is 12.8 Å². The first-order valence-electron chi connectivity index (χ1n) is 6.62. The van der Waals surface area contributed by atoms with E-state index < -0.39 is 12.0 Å². The molecule has 0 spiro atoms. The summed E-state index contributed by atoms with van der Waals surface area (Å²) in [6, 6.07) is 6.24. The SMILES string of the molecule is COCCC[NH2+][C@@H](CC(=O)Nc1ccccc1Br)C(=O)[O-]. The maximum Gasteiger partial charge on any atom is 0.230 e. The number of methoxy groups -OCH3 is 1. The molecule has 0 fully saturated rings. The Kier molecular flexibility index (Phi) is 7.96. The molecular weight excluding hydrogens is 340 g/mol. The highest BCUT2D eigenvalue weighted by Gasteiger charge is 2.18. The molecule has 0 aliphatic rings. The highest BCUT2D eigenvalue weighted by molar-refractivity contribution is 9.10. The number of aliphatic carboxylic acids is 1. The van der Waals surface area contributed by atoms with E-state index in [0.717, 1.165) is 4.47 Å². The Bertz CT molecular complexity index is 482. The van der Waals surface area contributed by atoms with Gasteiger partial charge in [0.1, 0.15) is 6.04 Å². The molecule has 3 N–H and O–H groups in total. The number of ether oxygens (including phenoxy) is 1. The summed E-state index contributed by atoms with van der Waals surface area (Å²) in [4.78, 5) is 23.0. The van der Waals surface area contributed by atoms with E-state index in [1.807, 2.05) is 6.07 Å². The number of quaternary nitrogens is 1. The van der Waals surface area contributed by atoms with Gasteiger partial charge in [0, 0.05) is 18.0 Å². The molecule has 0 saturated carbocycles. The van der Waals surface area contributed by atoms with Gasteiger partial charge in [-0.2, -0.15) is 0 Å². The average molecular weight is 359 g/mol. The van der Waals surface area contributed by atoms with Crippen LogP contribution in [0.15, 0.2) is 28.7 Å². The van der Waals surface area contributed by atoms with E-state index >= 15 is 0 Å². The number of rotatable bonds is 9. The van der Waals surface area contributed by atoms with Crippen LogP contribution in [-0.2, 0) is 14.3 Å². The van der Waals surface area contributed by atoms with E-state index in [1.165, 1.54) is 0 Å². The Morgan fingerprint density at radius 2 is 2.14 bits per heavy atom. The first kappa shape index (κ1) is 17.6. The number of carbonyl (C=O) groups excluding carboxylic acids is 2. The second-order valence-corrected chi connectivity index (χ2v) is 5.38. The van der Waals surface area contributed by atoms with Crippen molar-refractivity contribution < 1.29 is 24.7 Å². The van der Waals surface area contributed by atoms with Crippen molar-refractivity contribution in [3.63, 3.8) is 0 Å². The molecule has 116 valence electrons. The maximum absolute atomic E-state index is 11.9. The number of halogens is 1. The molecule has 1 aromatic rings. The van der Waals surface area contributed by atoms with Gasteiger partial charge in [-0.3, -0.25) is 4.79 Å². The fraction of sp³-hybridized carbons (Fsp3) is 0.429. The van der Waals surface area contributed by atoms with Crippen LogP contribution in [0.4, 0.5) is 5.69 Å². The summed E-state index contributed by atoms with van der Waals surface area (Å²) in [5.41, 5.74) is 0.610. The quantitative estimate of drug-likeness (QED) is 0.581. The molecule has 7 heteroatoms. The summed E-state index contributed by atoms with van der Waals surface area (Å²) in [6.07, 6.45) is 0.572. The van der Waals surface area contributed by atoms with E-state index in [4.69, 9.17) is 4.74 Å². The lowest BCUT2D eigenvalue weighted by Gasteiger charge is -2.16. The van der Waals surface area contributed by atoms with E-state index in [-0.39, 0.29) is 12.3 Å². The van der Waals surface area contributed by atoms with Gasteiger partial charge in [-0.25, -0.2) is 0 Å². The van der Waals surface area contributed by atoms with Gasteiger partial charge >= 0.3 is 0 Å². The molecule has 0 aliphatic heterocycles. The number of carboxylic acid groups (broad SMARTS) is 1. The molecule has 0 saturated heterocycles. The van der Waals surface area contributed by atoms with E-state index in [1.54, 1.807) is 30.6 Å². The summed E-state index contributed by atoms with van der Waals surface area (Å²) >= 11 is 3.31. The zero-order chi connectivity index (χ0) is 15.7. The van der Waals surface area contributed by atoms with Crippen molar-refractivity contribution in [3.05, 3.63) is 28.7 Å². The summed E-state index contributed by atoms with van der Waals surface area (Å²) < 4.78 is 5.63. The minimum atomic E-state index is -1.24. The fourth-order valence-electron chi connectivity index (χ4n) is 1.77. The van der Waals surface area contributed by atoms with Crippen LogP contribution in [0, 0.1) is 0 Å². The standard InChI is InChI=1S/C14H19BrN2O4/c1-21-8-4-7-16-12(14(19)20)9-13(18)17-11-6-3-2-5-10(11)15/h2-3,5-6,12,16H,4,7-9H2,1H3,(H,17,18)(H,19,20)/t12-/m0/s1. The van der Waals surface area contributed by atoms with E-state index in [0.29, 0.717) is 25.3 Å². The third-order valence-electron chi connectivity index (χ3n) is 2.86. The van der Waals surface area contributed by atoms with E-state index in [2.05, 4.69) is 21.2 Å². The minimum Gasteiger partial charge on any atom is -0.544 e. The van der Waals surface area contributed by atoms with Crippen molar-refractivity contribution in [2.75, 3.05) is 25.6 Å². The molecule has 1 aromatic carbocycles. The predicted octanol–water partition coefficient (Wildman–Crippen LogP) is -0.504. The van der Waals surface area contributed by atoms with Crippen molar-refractivity contribution in [2.45, 2.75) is 18.9 Å². The number of nitrogens with two attached hydrogens (primary N) is 1. The monoisotopic (exact) mass is 358 g/mol. The molecule has 1 atom stereocenters. The highest BCUT2D eigenvalue weighted by atomic mass is 79.9. The molecule has 0 bridgehead atoms. The molecular formula is C14H19BrN2O4. The third kappa shape index (κ3) is 6.70. The number of hydrogen-bond donors (Lipinski definition) is 2. The van der Waals surface area contributed by atoms with Gasteiger partial charge in [0.05, 0.1) is 31.2 Å². The van der Waals surface area contributed by atoms with Crippen LogP contribution in [0.25, 0.3) is 0 Å². The molecule has 1 amide bonds. The molecule has 0 heterocycles. The van der Waals surface area contributed by atoms with E-state index in [9.17, 15) is 14.7 Å². The first-order chi connectivity index (χ1) is 10.0. The topological polar surface area (TPSA) is 95.1 Å². The minimum absolute atomic E-state index is 0.142. The van der Waals surface area contributed by atoms with Gasteiger partial charge in [0.25, 0.3) is 0 Å². The molecule has 1 rings (SSSR count). The normalized spacial score (nSPS) is 11.9. The fourth-order valence-corrected chi connectivity index (χ4v) is 2.16. The van der Waals surface area contributed by atoms with Crippen LogP contribution >= 0.6 is 15.9 Å². The Labute approximate surface area is 132 Å². The zero-order valence-corrected chi connectivity index (χ0v) is 13.4. The zero-order valence-electron chi connectivity index (χ0n) is 11.8. The highest BCUT2D eigenvalue weighted by Crippen LogP contribution is 2.21. The van der Waals surface area contributed by atoms with Crippen LogP contribution in [-0.4, -0.2) is 38.2 Å². The van der Waals surface area contributed by atoms with Crippen molar-refractivity contribution in [3.8, 4) is 0 Å². The van der Waals surface area contributed by atoms with Crippen molar-refractivity contribution in [2.24, 2.45) is 0 Å². The lowest BCUT2D eigenvalue weighted by atomic mass is 10.2. The van der Waals surface area contributed by atoms with Crippen LogP contribution in [0.5, 0.6) is 0 Å². The van der Waals surface area contributed by atoms with Crippen molar-refractivity contribution >= 4 is 33.5 Å². The van der Waals surface area contributed by atoms with Crippen LogP contribution in [0.2, 0.25) is 0 Å². The van der Waals surface area contributed by atoms with Crippen LogP contribution in [0.3, 0.4) is 0 Å². The summed E-state index contributed by atoms with van der Waals surface area (Å²) in [7, 11) is 1.58. The molecule has 0 unspecified atom stereocenters. The van der Waals surface area contributed by atoms with Gasteiger partial charge in [0.15, 0.2) is 0 Å². The van der Waals surface area contributed by atoms with Crippen molar-refractivity contribution in [1.82, 2.24) is 0 Å². The maximum atomic E-state index is 11.9. The molecule has 6 nitrogen and oxygen atoms in total. The number of carboxylic acids is 1. The van der Waals surface area contributed by atoms with Gasteiger partial charge in [-0.15, -0.1) is 0 Å². The largest absolute Gasteiger partial charge is 0.544 e. The molecule has 21 heavy (non-hydrogen) atoms. The smallest absolute Gasteiger partial charge is 0.230 e. The molecule has 0 aromatic heterocycles. The number of nitrogens with one attached hydrogen (secondary N) is 1. The van der Waals surface area contributed by atoms with Gasteiger partial charge in [0.2, 0.25) is 5.91 Å². The summed E-state index contributed by atoms with van der Waals surface area (Å²) in [6.45, 7) is 1.12. The molecule has 0 radical (unpaired) electrons. The second-order valence-electron chi connectivity index (χ2n) is 4.53. The Balaban J connectivity index is 2.49. The first-order valence-corrected chi connectivity index (χ1v) is 7.41. The number of benzene rings is 1. The third-order valence-corrected chi connectivity index (χ3v) is 3.55. The number of carbonyl (C=O) groups is 2. The Morgan fingerprint density at radius 3 is 2.76 bits per heavy atom. The number of anilines is 1. The summed E-state index contributed by atoms with van der Waals surface area (Å²) in [5, 5.41) is 15.3. The number of amides is 1. The van der Waals surface area contributed by atoms with Crippen LogP contribution < -0.4 is 15.7 Å². The number of hydrogen-bond acceptors (Lipinski definition) is 4. The average Bonchev–Trinajstić information content (AvgIpc) is 2.44. The van der Waals surface area contributed by atoms with Crippen molar-refractivity contribution in [1.29, 1.82) is 0 Å². The van der Waals surface area contributed by atoms with Gasteiger partial charge in [-0.05, 0) is 28.1 Å². The Morgan fingerprint density at radius 1 is 1.43 bits per heavy atom. The van der Waals surface area contributed by atoms with Gasteiger partial charge in [-0.1, -0.05) is 12.1 Å². The van der Waals surface area contributed by atoms with Gasteiger partial charge < -0.3 is 25.3 Å². The lowest BCUT2D eigenvalue weighted by Crippen LogP contribution is -2.93. The molecule has 0 aliphatic carbocycles. The lowest BCUT2D eigenvalue weighted by molar-refractivity contribution is -0.682. The predicted molar refractivity (Wildman–Crippen MR) is 79.5 cm³/mol. The Hall–Kier alpha value is -1.44. The second kappa shape index (κ2) is 9.49. The number of para-hydroxylation sites is 1.